The maximum absolute atomic E-state index is 14.5. The van der Waals surface area contributed by atoms with Crippen LogP contribution in [0.1, 0.15) is 90.7 Å². The summed E-state index contributed by atoms with van der Waals surface area (Å²) in [6.45, 7) is 11.8. The van der Waals surface area contributed by atoms with E-state index in [0.29, 0.717) is 60.9 Å². The maximum Gasteiger partial charge on any atom is 0.264 e. The number of aliphatic hydroxyl groups excluding tert-OH is 2. The van der Waals surface area contributed by atoms with Crippen molar-refractivity contribution in [2.75, 3.05) is 49.3 Å². The third kappa shape index (κ3) is 9.40. The summed E-state index contributed by atoms with van der Waals surface area (Å²) in [5.41, 5.74) is 3.53. The molecule has 2 aromatic rings. The number of likely N-dealkylation sites (tertiary alicyclic amines) is 1. The third-order valence-corrected chi connectivity index (χ3v) is 11.0. The second-order valence-corrected chi connectivity index (χ2v) is 15.3. The van der Waals surface area contributed by atoms with Gasteiger partial charge in [-0.3, -0.25) is 19.3 Å². The van der Waals surface area contributed by atoms with Gasteiger partial charge in [0, 0.05) is 43.3 Å². The number of carbonyl (C=O) groups excluding carboxylic acids is 3. The van der Waals surface area contributed by atoms with Gasteiger partial charge in [-0.2, -0.15) is 0 Å². The molecule has 5 rings (SSSR count). The number of amides is 3. The summed E-state index contributed by atoms with van der Waals surface area (Å²) in [6, 6.07) is 10.4. The number of hydrogen-bond donors (Lipinski definition) is 4. The second kappa shape index (κ2) is 19.0. The van der Waals surface area contributed by atoms with Crippen molar-refractivity contribution in [2.45, 2.75) is 104 Å². The Bertz CT molecular complexity index is 1780. The highest BCUT2D eigenvalue weighted by molar-refractivity contribution is 6.10. The Hall–Kier alpha value is -4.29. The van der Waals surface area contributed by atoms with Gasteiger partial charge in [-0.05, 0) is 121 Å². The summed E-state index contributed by atoms with van der Waals surface area (Å²) >= 11 is 0. The third-order valence-electron chi connectivity index (χ3n) is 11.0. The van der Waals surface area contributed by atoms with Gasteiger partial charge in [0.2, 0.25) is 11.8 Å². The standard InChI is InChI=1S/C44H60N4O7/c1-6-55-36-18-20-39-33(26-36)27-38(45-22-7-8-25-49)42(52)48(39)34-17-19-40-37(28-34)44(54,43(53)47(40)24-21-31(4)13-9-12-30(2)3)32(5)14-10-16-41(51)46-23-11-15-35(46)29-50/h10,12,14,17-21,26,28,32,35,38,45,49-50,54H,6-9,11,13,15-16,22-25,27,29H2,1-5H3/b14-10+,31-21+/t32-,35+,38?,44+/m1/s1. The molecule has 0 bridgehead atoms. The quantitative estimate of drug-likeness (QED) is 0.110. The number of nitrogens with zero attached hydrogens (tertiary/aromatic N) is 3. The van der Waals surface area contributed by atoms with E-state index in [1.54, 1.807) is 39.8 Å². The molecule has 3 amide bonds. The molecular formula is C44H60N4O7. The van der Waals surface area contributed by atoms with Crippen LogP contribution in [0.5, 0.6) is 5.75 Å². The second-order valence-electron chi connectivity index (χ2n) is 15.3. The molecule has 4 N–H and O–H groups in total. The van der Waals surface area contributed by atoms with Crippen LogP contribution in [0.4, 0.5) is 17.1 Å². The van der Waals surface area contributed by atoms with Gasteiger partial charge >= 0.3 is 0 Å². The topological polar surface area (TPSA) is 143 Å². The molecule has 4 atom stereocenters. The lowest BCUT2D eigenvalue weighted by Gasteiger charge is -2.35. The maximum atomic E-state index is 14.5. The Morgan fingerprint density at radius 2 is 1.85 bits per heavy atom. The number of carbonyl (C=O) groups is 3. The van der Waals surface area contributed by atoms with Crippen molar-refractivity contribution in [2.24, 2.45) is 5.92 Å². The highest BCUT2D eigenvalue weighted by Crippen LogP contribution is 2.48. The van der Waals surface area contributed by atoms with E-state index in [9.17, 15) is 29.7 Å². The summed E-state index contributed by atoms with van der Waals surface area (Å²) in [4.78, 5) is 46.8. The number of benzene rings is 2. The van der Waals surface area contributed by atoms with Crippen molar-refractivity contribution in [3.8, 4) is 5.75 Å². The predicted molar refractivity (Wildman–Crippen MR) is 216 cm³/mol. The fourth-order valence-electron chi connectivity index (χ4n) is 7.90. The van der Waals surface area contributed by atoms with Gasteiger partial charge in [0.1, 0.15) is 5.75 Å². The lowest BCUT2D eigenvalue weighted by Crippen LogP contribution is -2.49. The molecule has 3 heterocycles. The molecule has 1 saturated heterocycles. The first-order chi connectivity index (χ1) is 26.4. The monoisotopic (exact) mass is 756 g/mol. The minimum absolute atomic E-state index is 0.0733. The smallest absolute Gasteiger partial charge is 0.264 e. The number of anilines is 3. The highest BCUT2D eigenvalue weighted by Gasteiger charge is 2.53. The molecule has 1 unspecified atom stereocenters. The molecule has 0 aromatic heterocycles. The molecule has 0 spiro atoms. The lowest BCUT2D eigenvalue weighted by molar-refractivity contribution is -0.139. The molecule has 3 aliphatic heterocycles. The van der Waals surface area contributed by atoms with Gasteiger partial charge in [-0.1, -0.05) is 42.4 Å². The van der Waals surface area contributed by atoms with Crippen LogP contribution in [0.15, 0.2) is 71.8 Å². The van der Waals surface area contributed by atoms with Gasteiger partial charge in [0.15, 0.2) is 5.60 Å². The molecular weight excluding hydrogens is 697 g/mol. The Morgan fingerprint density at radius 3 is 2.58 bits per heavy atom. The molecule has 11 nitrogen and oxygen atoms in total. The van der Waals surface area contributed by atoms with E-state index >= 15 is 0 Å². The van der Waals surface area contributed by atoms with Crippen LogP contribution < -0.4 is 19.9 Å². The largest absolute Gasteiger partial charge is 0.494 e. The van der Waals surface area contributed by atoms with Crippen LogP contribution in [0.3, 0.4) is 0 Å². The zero-order valence-corrected chi connectivity index (χ0v) is 33.2. The van der Waals surface area contributed by atoms with E-state index in [0.717, 1.165) is 43.2 Å². The molecule has 55 heavy (non-hydrogen) atoms. The highest BCUT2D eigenvalue weighted by atomic mass is 16.5. The van der Waals surface area contributed by atoms with Gasteiger partial charge < -0.3 is 35.2 Å². The Kier molecular flexibility index (Phi) is 14.5. The number of fused-ring (bicyclic) bond motifs is 2. The molecule has 0 radical (unpaired) electrons. The van der Waals surface area contributed by atoms with Gasteiger partial charge in [0.05, 0.1) is 36.7 Å². The molecule has 0 saturated carbocycles. The summed E-state index contributed by atoms with van der Waals surface area (Å²) in [5, 5.41) is 35.0. The summed E-state index contributed by atoms with van der Waals surface area (Å²) in [6.07, 6.45) is 12.9. The van der Waals surface area contributed by atoms with Gasteiger partial charge in [-0.15, -0.1) is 0 Å². The molecule has 2 aromatic carbocycles. The number of ether oxygens (including phenoxy) is 1. The van der Waals surface area contributed by atoms with Crippen molar-refractivity contribution < 1.29 is 34.4 Å². The predicted octanol–water partition coefficient (Wildman–Crippen LogP) is 5.83. The van der Waals surface area contributed by atoms with E-state index < -0.39 is 23.5 Å². The normalized spacial score (nSPS) is 21.7. The summed E-state index contributed by atoms with van der Waals surface area (Å²) < 4.78 is 5.81. The van der Waals surface area contributed by atoms with Gasteiger partial charge in [0.25, 0.3) is 5.91 Å². The van der Waals surface area contributed by atoms with E-state index in [4.69, 9.17) is 4.74 Å². The van der Waals surface area contributed by atoms with Crippen LogP contribution in [0.25, 0.3) is 0 Å². The van der Waals surface area contributed by atoms with Crippen LogP contribution >= 0.6 is 0 Å². The zero-order valence-electron chi connectivity index (χ0n) is 33.2. The summed E-state index contributed by atoms with van der Waals surface area (Å²) in [5.74, 6) is -0.738. The number of rotatable bonds is 18. The first-order valence-electron chi connectivity index (χ1n) is 19.9. The first kappa shape index (κ1) is 41.9. The summed E-state index contributed by atoms with van der Waals surface area (Å²) in [7, 11) is 0. The number of aliphatic hydroxyl groups is 3. The molecule has 1 fully saturated rings. The van der Waals surface area contributed by atoms with Crippen LogP contribution in [0.2, 0.25) is 0 Å². The lowest BCUT2D eigenvalue weighted by atomic mass is 9.82. The zero-order chi connectivity index (χ0) is 39.7. The van der Waals surface area contributed by atoms with E-state index in [1.165, 1.54) is 5.57 Å². The molecule has 298 valence electrons. The molecule has 0 aliphatic carbocycles. The van der Waals surface area contributed by atoms with Crippen molar-refractivity contribution in [3.63, 3.8) is 0 Å². The van der Waals surface area contributed by atoms with E-state index in [-0.39, 0.29) is 44.0 Å². The average Bonchev–Trinajstić information content (AvgIpc) is 3.73. The molecule has 3 aliphatic rings. The average molecular weight is 757 g/mol. The Morgan fingerprint density at radius 1 is 1.07 bits per heavy atom. The fourth-order valence-corrected chi connectivity index (χ4v) is 7.90. The van der Waals surface area contributed by atoms with Gasteiger partial charge in [-0.25, -0.2) is 0 Å². The SMILES string of the molecule is CCOc1ccc2c(c1)CC(NCCCCO)C(=O)N2c1ccc2c(c1)[C@@](O)([C@H](C)/C=C/CC(=O)N1CCC[C@H]1CO)C(=O)N2C/C=C(\C)CCC=C(C)C. The van der Waals surface area contributed by atoms with Crippen LogP contribution in [-0.4, -0.2) is 89.5 Å². The van der Waals surface area contributed by atoms with Crippen molar-refractivity contribution in [1.82, 2.24) is 10.2 Å². The van der Waals surface area contributed by atoms with E-state index in [1.807, 2.05) is 50.3 Å². The fraction of sp³-hybridized carbons (Fsp3) is 0.523. The minimum atomic E-state index is -1.97. The Balaban J connectivity index is 1.51. The Labute approximate surface area is 326 Å². The number of nitrogens with one attached hydrogen (secondary N) is 1. The number of hydrogen-bond acceptors (Lipinski definition) is 8. The number of unbranched alkanes of at least 4 members (excludes halogenated alkanes) is 1. The molecule has 11 heteroatoms. The van der Waals surface area contributed by atoms with Crippen LogP contribution in [-0.2, 0) is 26.4 Å². The minimum Gasteiger partial charge on any atom is -0.494 e. The van der Waals surface area contributed by atoms with Crippen LogP contribution in [0, 0.1) is 5.92 Å². The number of allylic oxidation sites excluding steroid dienone is 3. The van der Waals surface area contributed by atoms with Crippen molar-refractivity contribution >= 4 is 34.8 Å². The van der Waals surface area contributed by atoms with E-state index in [2.05, 4.69) is 25.2 Å². The van der Waals surface area contributed by atoms with Crippen molar-refractivity contribution in [1.29, 1.82) is 0 Å². The first-order valence-corrected chi connectivity index (χ1v) is 19.9. The van der Waals surface area contributed by atoms with Crippen molar-refractivity contribution in [3.05, 3.63) is 83.0 Å².